The molecule has 0 aliphatic carbocycles. The van der Waals surface area contributed by atoms with Gasteiger partial charge in [0.2, 0.25) is 0 Å². The Morgan fingerprint density at radius 2 is 1.68 bits per heavy atom. The van der Waals surface area contributed by atoms with Crippen LogP contribution in [0, 0.1) is 0 Å². The number of carbonyl (C=O) groups excluding carboxylic acids is 1. The van der Waals surface area contributed by atoms with Crippen molar-refractivity contribution in [3.8, 4) is 0 Å². The quantitative estimate of drug-likeness (QED) is 0.622. The minimum absolute atomic E-state index is 0.204. The van der Waals surface area contributed by atoms with Crippen LogP contribution in [0.15, 0.2) is 54.6 Å². The number of rotatable bonds is 7. The molecule has 0 saturated heterocycles. The van der Waals surface area contributed by atoms with Gasteiger partial charge in [-0.25, -0.2) is 9.59 Å². The number of amides is 2. The number of hydrogen-bond donors (Lipinski definition) is 4. The molecule has 132 valence electrons. The molecule has 0 aliphatic heterocycles. The van der Waals surface area contributed by atoms with E-state index in [1.807, 2.05) is 37.3 Å². The average Bonchev–Trinajstić information content (AvgIpc) is 2.61. The fourth-order valence-electron chi connectivity index (χ4n) is 2.43. The standard InChI is InChI=1S/C19H22N2O4/c1-13(11-17(22)15-5-3-2-4-6-15)21-19(25)20-12-14-7-9-16(10-8-14)18(23)24/h2-10,13,17,22H,11-12H2,1H3,(H,23,24)(H2,20,21,25). The van der Waals surface area contributed by atoms with Crippen molar-refractivity contribution in [2.24, 2.45) is 0 Å². The lowest BCUT2D eigenvalue weighted by atomic mass is 10.0. The Bertz CT molecular complexity index is 701. The first-order valence-corrected chi connectivity index (χ1v) is 8.05. The highest BCUT2D eigenvalue weighted by Gasteiger charge is 2.14. The Labute approximate surface area is 146 Å². The Hall–Kier alpha value is -2.86. The van der Waals surface area contributed by atoms with Gasteiger partial charge < -0.3 is 20.8 Å². The van der Waals surface area contributed by atoms with Crippen molar-refractivity contribution in [3.63, 3.8) is 0 Å². The second-order valence-corrected chi connectivity index (χ2v) is 5.89. The summed E-state index contributed by atoms with van der Waals surface area (Å²) in [5.74, 6) is -0.983. The normalized spacial score (nSPS) is 12.9. The van der Waals surface area contributed by atoms with Crippen molar-refractivity contribution < 1.29 is 19.8 Å². The van der Waals surface area contributed by atoms with E-state index < -0.39 is 12.1 Å². The van der Waals surface area contributed by atoms with Crippen molar-refractivity contribution in [2.45, 2.75) is 32.0 Å². The van der Waals surface area contributed by atoms with E-state index in [4.69, 9.17) is 5.11 Å². The summed E-state index contributed by atoms with van der Waals surface area (Å²) < 4.78 is 0. The van der Waals surface area contributed by atoms with Gasteiger partial charge in [0, 0.05) is 12.6 Å². The van der Waals surface area contributed by atoms with Crippen molar-refractivity contribution >= 4 is 12.0 Å². The van der Waals surface area contributed by atoms with E-state index in [9.17, 15) is 14.7 Å². The number of carboxylic acids is 1. The molecule has 0 bridgehead atoms. The predicted molar refractivity (Wildman–Crippen MR) is 94.3 cm³/mol. The van der Waals surface area contributed by atoms with Crippen LogP contribution in [0.3, 0.4) is 0 Å². The topological polar surface area (TPSA) is 98.7 Å². The summed E-state index contributed by atoms with van der Waals surface area (Å²) in [6, 6.07) is 15.1. The lowest BCUT2D eigenvalue weighted by Crippen LogP contribution is -2.41. The maximum atomic E-state index is 11.9. The average molecular weight is 342 g/mol. The van der Waals surface area contributed by atoms with Crippen LogP contribution in [0.1, 0.15) is 40.9 Å². The molecule has 2 unspecified atom stereocenters. The van der Waals surface area contributed by atoms with Crippen LogP contribution in [0.25, 0.3) is 0 Å². The summed E-state index contributed by atoms with van der Waals surface area (Å²) in [6.45, 7) is 2.12. The molecule has 2 aromatic carbocycles. The molecule has 2 atom stereocenters. The number of aliphatic hydroxyl groups is 1. The molecule has 25 heavy (non-hydrogen) atoms. The van der Waals surface area contributed by atoms with Crippen LogP contribution < -0.4 is 10.6 Å². The lowest BCUT2D eigenvalue weighted by molar-refractivity contribution is 0.0696. The van der Waals surface area contributed by atoms with Gasteiger partial charge in [-0.2, -0.15) is 0 Å². The Morgan fingerprint density at radius 3 is 2.28 bits per heavy atom. The van der Waals surface area contributed by atoms with Gasteiger partial charge in [-0.15, -0.1) is 0 Å². The zero-order valence-electron chi connectivity index (χ0n) is 14.0. The molecular weight excluding hydrogens is 320 g/mol. The zero-order valence-corrected chi connectivity index (χ0v) is 14.0. The Kier molecular flexibility index (Phi) is 6.54. The predicted octanol–water partition coefficient (Wildman–Crippen LogP) is 2.70. The molecule has 0 radical (unpaired) electrons. The van der Waals surface area contributed by atoms with Crippen molar-refractivity contribution in [2.75, 3.05) is 0 Å². The first kappa shape index (κ1) is 18.5. The smallest absolute Gasteiger partial charge is 0.335 e. The number of aliphatic hydroxyl groups excluding tert-OH is 1. The molecule has 6 heteroatoms. The highest BCUT2D eigenvalue weighted by molar-refractivity contribution is 5.87. The van der Waals surface area contributed by atoms with Crippen molar-refractivity contribution in [1.82, 2.24) is 10.6 Å². The van der Waals surface area contributed by atoms with E-state index >= 15 is 0 Å². The molecule has 0 spiro atoms. The third-order valence-corrected chi connectivity index (χ3v) is 3.79. The molecular formula is C19H22N2O4. The van der Waals surface area contributed by atoms with Crippen LogP contribution in [0.5, 0.6) is 0 Å². The third kappa shape index (κ3) is 5.93. The Balaban J connectivity index is 1.76. The molecule has 2 rings (SSSR count). The van der Waals surface area contributed by atoms with Gasteiger partial charge in [-0.1, -0.05) is 42.5 Å². The summed E-state index contributed by atoms with van der Waals surface area (Å²) in [5, 5.41) is 24.5. The molecule has 0 fully saturated rings. The Morgan fingerprint density at radius 1 is 1.04 bits per heavy atom. The molecule has 2 aromatic rings. The second kappa shape index (κ2) is 8.84. The second-order valence-electron chi connectivity index (χ2n) is 5.89. The number of carboxylic acid groups (broad SMARTS) is 1. The number of nitrogens with one attached hydrogen (secondary N) is 2. The van der Waals surface area contributed by atoms with E-state index in [-0.39, 0.29) is 17.6 Å². The lowest BCUT2D eigenvalue weighted by Gasteiger charge is -2.18. The van der Waals surface area contributed by atoms with Gasteiger partial charge in [0.15, 0.2) is 0 Å². The number of benzene rings is 2. The monoisotopic (exact) mass is 342 g/mol. The highest BCUT2D eigenvalue weighted by Crippen LogP contribution is 2.17. The summed E-state index contributed by atoms with van der Waals surface area (Å²) in [7, 11) is 0. The molecule has 6 nitrogen and oxygen atoms in total. The van der Waals surface area contributed by atoms with Gasteiger partial charge >= 0.3 is 12.0 Å². The minimum Gasteiger partial charge on any atom is -0.478 e. The third-order valence-electron chi connectivity index (χ3n) is 3.79. The van der Waals surface area contributed by atoms with E-state index in [0.717, 1.165) is 11.1 Å². The van der Waals surface area contributed by atoms with E-state index in [1.54, 1.807) is 12.1 Å². The van der Waals surface area contributed by atoms with Crippen LogP contribution in [0.2, 0.25) is 0 Å². The number of aromatic carboxylic acids is 1. The zero-order chi connectivity index (χ0) is 18.2. The summed E-state index contributed by atoms with van der Waals surface area (Å²) in [5.41, 5.74) is 1.82. The molecule has 0 heterocycles. The minimum atomic E-state index is -0.983. The van der Waals surface area contributed by atoms with Gasteiger partial charge in [0.05, 0.1) is 11.7 Å². The van der Waals surface area contributed by atoms with Crippen LogP contribution in [-0.2, 0) is 6.54 Å². The van der Waals surface area contributed by atoms with Crippen molar-refractivity contribution in [1.29, 1.82) is 0 Å². The fraction of sp³-hybridized carbons (Fsp3) is 0.263. The molecule has 0 aliphatic rings. The SMILES string of the molecule is CC(CC(O)c1ccccc1)NC(=O)NCc1ccc(C(=O)O)cc1. The molecule has 0 saturated carbocycles. The number of carbonyl (C=O) groups is 2. The summed E-state index contributed by atoms with van der Waals surface area (Å²) in [6.07, 6.45) is -0.231. The van der Waals surface area contributed by atoms with Gasteiger partial charge in [-0.05, 0) is 36.6 Å². The molecule has 2 amide bonds. The number of hydrogen-bond acceptors (Lipinski definition) is 3. The highest BCUT2D eigenvalue weighted by atomic mass is 16.4. The van der Waals surface area contributed by atoms with Crippen LogP contribution >= 0.6 is 0 Å². The summed E-state index contributed by atoms with van der Waals surface area (Å²) in [4.78, 5) is 22.7. The first-order valence-electron chi connectivity index (χ1n) is 8.05. The maximum absolute atomic E-state index is 11.9. The van der Waals surface area contributed by atoms with E-state index in [2.05, 4.69) is 10.6 Å². The van der Waals surface area contributed by atoms with Gasteiger partial charge in [0.1, 0.15) is 0 Å². The first-order chi connectivity index (χ1) is 12.0. The summed E-state index contributed by atoms with van der Waals surface area (Å²) >= 11 is 0. The maximum Gasteiger partial charge on any atom is 0.335 e. The van der Waals surface area contributed by atoms with Crippen LogP contribution in [0.4, 0.5) is 4.79 Å². The fourth-order valence-corrected chi connectivity index (χ4v) is 2.43. The van der Waals surface area contributed by atoms with Crippen LogP contribution in [-0.4, -0.2) is 28.3 Å². The van der Waals surface area contributed by atoms with Gasteiger partial charge in [-0.3, -0.25) is 0 Å². The van der Waals surface area contributed by atoms with Gasteiger partial charge in [0.25, 0.3) is 0 Å². The van der Waals surface area contributed by atoms with E-state index in [0.29, 0.717) is 13.0 Å². The number of urea groups is 1. The largest absolute Gasteiger partial charge is 0.478 e. The molecule has 4 N–H and O–H groups in total. The van der Waals surface area contributed by atoms with Crippen molar-refractivity contribution in [3.05, 3.63) is 71.3 Å². The van der Waals surface area contributed by atoms with E-state index in [1.165, 1.54) is 12.1 Å². The molecule has 0 aromatic heterocycles.